The number of fused-ring (bicyclic) bond motifs is 4. The molecule has 0 spiro atoms. The Morgan fingerprint density at radius 2 is 1.90 bits per heavy atom. The lowest BCUT2D eigenvalue weighted by atomic mass is 9.87. The molecule has 3 aromatic carbocycles. The number of carbonyl (C=O) groups excluding carboxylic acids is 2. The van der Waals surface area contributed by atoms with Gasteiger partial charge in [-0.05, 0) is 95.4 Å². The van der Waals surface area contributed by atoms with Crippen LogP contribution in [0.1, 0.15) is 73.0 Å². The molecule has 0 unspecified atom stereocenters. The fraction of sp³-hybridized carbons (Fsp3) is 0.424. The minimum absolute atomic E-state index is 0.00357. The van der Waals surface area contributed by atoms with Crippen LogP contribution < -0.4 is 5.32 Å². The van der Waals surface area contributed by atoms with Gasteiger partial charge in [-0.2, -0.15) is 5.10 Å². The molecule has 1 atom stereocenters. The monoisotopic (exact) mass is 572 g/mol. The highest BCUT2D eigenvalue weighted by Crippen LogP contribution is 2.37. The van der Waals surface area contributed by atoms with Crippen molar-refractivity contribution in [2.45, 2.75) is 58.9 Å². The molecule has 1 amide bonds. The second-order valence-electron chi connectivity index (χ2n) is 12.9. The second-order valence-corrected chi connectivity index (χ2v) is 13.3. The summed E-state index contributed by atoms with van der Waals surface area (Å²) in [5, 5.41) is 24.6. The van der Waals surface area contributed by atoms with E-state index in [0.29, 0.717) is 41.8 Å². The molecule has 2 aliphatic rings. The average Bonchev–Trinajstić information content (AvgIpc) is 3.39. The van der Waals surface area contributed by atoms with E-state index in [4.69, 9.17) is 11.6 Å². The standard InChI is InChI=1S/C33H37ClN4O3/c1-33(2,3)18-38-17-27-23(13-28(34)31-26(27)16-36-37-31)11-24(32(38)41)15-29(39)21-5-4-20-14-30(40)25(12-22(20)10-21)19-6-8-35-9-7-19/h4-5,10,12-14,16,19,24,35,40H,6-9,11,15,17-18H2,1-3H3,(H,36,37)/t24-/m0/s1. The lowest BCUT2D eigenvalue weighted by Gasteiger charge is -2.31. The summed E-state index contributed by atoms with van der Waals surface area (Å²) < 4.78 is 0. The van der Waals surface area contributed by atoms with Crippen molar-refractivity contribution in [1.82, 2.24) is 20.4 Å². The molecule has 2 aliphatic heterocycles. The number of hydrogen-bond acceptors (Lipinski definition) is 5. The van der Waals surface area contributed by atoms with Crippen LogP contribution in [0.4, 0.5) is 0 Å². The van der Waals surface area contributed by atoms with Gasteiger partial charge in [0.25, 0.3) is 0 Å². The van der Waals surface area contributed by atoms with E-state index in [1.807, 2.05) is 35.2 Å². The summed E-state index contributed by atoms with van der Waals surface area (Å²) in [5.74, 6) is 0.0568. The molecule has 8 heteroatoms. The summed E-state index contributed by atoms with van der Waals surface area (Å²) in [4.78, 5) is 29.6. The van der Waals surface area contributed by atoms with Crippen LogP contribution in [0, 0.1) is 11.3 Å². The number of phenols is 1. The van der Waals surface area contributed by atoms with Crippen LogP contribution in [0.5, 0.6) is 5.75 Å². The van der Waals surface area contributed by atoms with Crippen LogP contribution in [-0.2, 0) is 17.8 Å². The molecule has 0 saturated carbocycles. The molecule has 1 fully saturated rings. The van der Waals surface area contributed by atoms with Crippen LogP contribution in [0.15, 0.2) is 42.6 Å². The first-order chi connectivity index (χ1) is 19.6. The van der Waals surface area contributed by atoms with E-state index >= 15 is 0 Å². The van der Waals surface area contributed by atoms with Crippen molar-refractivity contribution in [3.05, 3.63) is 69.9 Å². The Kier molecular flexibility index (Phi) is 7.28. The minimum atomic E-state index is -0.493. The van der Waals surface area contributed by atoms with Crippen molar-refractivity contribution in [3.63, 3.8) is 0 Å². The number of Topliss-reactive ketones (excluding diaryl/α,β-unsaturated/α-hetero) is 1. The topological polar surface area (TPSA) is 98.3 Å². The zero-order valence-electron chi connectivity index (χ0n) is 23.9. The largest absolute Gasteiger partial charge is 0.508 e. The molecule has 3 N–H and O–H groups in total. The van der Waals surface area contributed by atoms with E-state index in [1.54, 1.807) is 12.3 Å². The highest BCUT2D eigenvalue weighted by atomic mass is 35.5. The van der Waals surface area contributed by atoms with Gasteiger partial charge in [0.15, 0.2) is 5.78 Å². The normalized spacial score (nSPS) is 18.6. The summed E-state index contributed by atoms with van der Waals surface area (Å²) in [6.07, 6.45) is 4.29. The number of phenolic OH excluding ortho intramolecular Hbond substituents is 1. The van der Waals surface area contributed by atoms with E-state index < -0.39 is 5.92 Å². The van der Waals surface area contributed by atoms with Gasteiger partial charge in [-0.1, -0.05) is 44.5 Å². The molecule has 214 valence electrons. The highest BCUT2D eigenvalue weighted by molar-refractivity contribution is 6.35. The molecule has 41 heavy (non-hydrogen) atoms. The molecule has 6 rings (SSSR count). The summed E-state index contributed by atoms with van der Waals surface area (Å²) in [5.41, 5.74) is 4.23. The Labute approximate surface area is 245 Å². The van der Waals surface area contributed by atoms with Crippen LogP contribution in [-0.4, -0.2) is 51.5 Å². The quantitative estimate of drug-likeness (QED) is 0.242. The van der Waals surface area contributed by atoms with Gasteiger partial charge in [0.2, 0.25) is 5.91 Å². The smallest absolute Gasteiger partial charge is 0.226 e. The number of H-pyrrole nitrogens is 1. The van der Waals surface area contributed by atoms with Gasteiger partial charge < -0.3 is 15.3 Å². The van der Waals surface area contributed by atoms with Crippen molar-refractivity contribution < 1.29 is 14.7 Å². The number of benzene rings is 3. The predicted molar refractivity (Wildman–Crippen MR) is 163 cm³/mol. The summed E-state index contributed by atoms with van der Waals surface area (Å²) in [7, 11) is 0. The van der Waals surface area contributed by atoms with Gasteiger partial charge in [0.05, 0.1) is 16.7 Å². The zero-order valence-corrected chi connectivity index (χ0v) is 24.6. The number of aromatic nitrogens is 2. The average molecular weight is 573 g/mol. The first-order valence-electron chi connectivity index (χ1n) is 14.5. The molecule has 1 saturated heterocycles. The molecule has 0 radical (unpaired) electrons. The van der Waals surface area contributed by atoms with Crippen molar-refractivity contribution >= 4 is 45.0 Å². The molecular formula is C33H37ClN4O3. The number of nitrogens with one attached hydrogen (secondary N) is 2. The maximum atomic E-state index is 14.0. The highest BCUT2D eigenvalue weighted by Gasteiger charge is 2.34. The third-order valence-electron chi connectivity index (χ3n) is 8.55. The first-order valence-corrected chi connectivity index (χ1v) is 14.9. The Morgan fingerprint density at radius 1 is 1.12 bits per heavy atom. The third kappa shape index (κ3) is 5.57. The zero-order chi connectivity index (χ0) is 28.9. The first kappa shape index (κ1) is 27.7. The Morgan fingerprint density at radius 3 is 2.66 bits per heavy atom. The molecule has 0 bridgehead atoms. The SMILES string of the molecule is CC(C)(C)CN1Cc2c(cc(Cl)c3[nH]ncc23)C[C@@H](CC(=O)c2ccc3cc(O)c(C4CCNCC4)cc3c2)C1=O. The summed E-state index contributed by atoms with van der Waals surface area (Å²) in [6.45, 7) is 9.26. The number of halogens is 1. The molecular weight excluding hydrogens is 536 g/mol. The van der Waals surface area contributed by atoms with Crippen LogP contribution in [0.2, 0.25) is 5.02 Å². The summed E-state index contributed by atoms with van der Waals surface area (Å²) >= 11 is 6.59. The summed E-state index contributed by atoms with van der Waals surface area (Å²) in [6, 6.07) is 11.4. The van der Waals surface area contributed by atoms with Gasteiger partial charge in [-0.25, -0.2) is 0 Å². The van der Waals surface area contributed by atoms with Crippen molar-refractivity contribution in [1.29, 1.82) is 0 Å². The number of amides is 1. The fourth-order valence-corrected chi connectivity index (χ4v) is 6.85. The number of aromatic hydroxyl groups is 1. The third-order valence-corrected chi connectivity index (χ3v) is 8.85. The van der Waals surface area contributed by atoms with E-state index in [-0.39, 0.29) is 23.5 Å². The Hall–Kier alpha value is -3.42. The Balaban J connectivity index is 1.32. The van der Waals surface area contributed by atoms with Gasteiger partial charge in [-0.15, -0.1) is 0 Å². The molecule has 4 aromatic rings. The van der Waals surface area contributed by atoms with E-state index in [0.717, 1.165) is 64.3 Å². The Bertz CT molecular complexity index is 1650. The van der Waals surface area contributed by atoms with Gasteiger partial charge in [0.1, 0.15) is 5.75 Å². The molecule has 3 heterocycles. The number of carbonyl (C=O) groups is 2. The number of aromatic amines is 1. The van der Waals surface area contributed by atoms with Crippen LogP contribution in [0.3, 0.4) is 0 Å². The predicted octanol–water partition coefficient (Wildman–Crippen LogP) is 6.36. The maximum Gasteiger partial charge on any atom is 0.226 e. The van der Waals surface area contributed by atoms with Crippen molar-refractivity contribution in [2.75, 3.05) is 19.6 Å². The lowest BCUT2D eigenvalue weighted by molar-refractivity contribution is -0.137. The van der Waals surface area contributed by atoms with Crippen molar-refractivity contribution in [3.8, 4) is 5.75 Å². The molecule has 7 nitrogen and oxygen atoms in total. The number of hydrogen-bond donors (Lipinski definition) is 3. The van der Waals surface area contributed by atoms with Gasteiger partial charge >= 0.3 is 0 Å². The number of nitrogens with zero attached hydrogens (tertiary/aromatic N) is 2. The van der Waals surface area contributed by atoms with E-state index in [9.17, 15) is 14.7 Å². The van der Waals surface area contributed by atoms with Crippen LogP contribution >= 0.6 is 11.6 Å². The van der Waals surface area contributed by atoms with Crippen molar-refractivity contribution in [2.24, 2.45) is 11.3 Å². The van der Waals surface area contributed by atoms with E-state index in [1.165, 1.54) is 0 Å². The van der Waals surface area contributed by atoms with Gasteiger partial charge in [0, 0.05) is 36.4 Å². The number of rotatable bonds is 5. The van der Waals surface area contributed by atoms with Crippen LogP contribution in [0.25, 0.3) is 21.7 Å². The second kappa shape index (κ2) is 10.8. The molecule has 1 aromatic heterocycles. The maximum absolute atomic E-state index is 14.0. The fourth-order valence-electron chi connectivity index (χ4n) is 6.58. The lowest BCUT2D eigenvalue weighted by Crippen LogP contribution is -2.40. The number of piperidine rings is 1. The molecule has 0 aliphatic carbocycles. The minimum Gasteiger partial charge on any atom is -0.508 e. The number of ketones is 1. The van der Waals surface area contributed by atoms with E-state index in [2.05, 4.69) is 36.3 Å². The van der Waals surface area contributed by atoms with Gasteiger partial charge in [-0.3, -0.25) is 14.7 Å².